The molecule has 0 aliphatic carbocycles. The van der Waals surface area contributed by atoms with Crippen LogP contribution in [0.4, 0.5) is 0 Å². The Bertz CT molecular complexity index is 848. The van der Waals surface area contributed by atoms with Crippen LogP contribution in [0.5, 0.6) is 0 Å². The van der Waals surface area contributed by atoms with Crippen LogP contribution in [0.15, 0.2) is 52.3 Å². The van der Waals surface area contributed by atoms with E-state index in [0.29, 0.717) is 17.1 Å². The summed E-state index contributed by atoms with van der Waals surface area (Å²) in [4.78, 5) is 15.0. The highest BCUT2D eigenvalue weighted by molar-refractivity contribution is 9.10. The number of amides is 1. The van der Waals surface area contributed by atoms with Crippen molar-refractivity contribution >= 4 is 56.1 Å². The minimum Gasteiger partial charge on any atom is -0.382 e. The van der Waals surface area contributed by atoms with Crippen molar-refractivity contribution in [3.05, 3.63) is 77.5 Å². The summed E-state index contributed by atoms with van der Waals surface area (Å²) in [6, 6.07) is 12.8. The molecule has 0 aliphatic rings. The standard InChI is InChI=1S/C17H13BrClNO2S2/c18-10-3-5-13(19)12(8-10)17(22)20-9-11-4-6-15(24-11)16(21)14-2-1-7-23-14/h1-8,16,21H,9H2,(H,20,22). The molecule has 2 heterocycles. The second-order valence-corrected chi connectivity index (χ2v) is 8.53. The zero-order chi connectivity index (χ0) is 17.1. The summed E-state index contributed by atoms with van der Waals surface area (Å²) in [5.74, 6) is -0.227. The van der Waals surface area contributed by atoms with Gasteiger partial charge in [-0.1, -0.05) is 33.6 Å². The Labute approximate surface area is 161 Å². The molecule has 3 rings (SSSR count). The first kappa shape index (κ1) is 17.6. The number of carbonyl (C=O) groups is 1. The third kappa shape index (κ3) is 4.07. The lowest BCUT2D eigenvalue weighted by molar-refractivity contribution is 0.0951. The Kier molecular flexibility index (Phi) is 5.73. The average Bonchev–Trinajstić information content (AvgIpc) is 3.26. The van der Waals surface area contributed by atoms with Crippen molar-refractivity contribution in [1.82, 2.24) is 5.32 Å². The molecule has 2 aromatic heterocycles. The molecule has 1 aromatic carbocycles. The SMILES string of the molecule is O=C(NCc1ccc(C(O)c2cccs2)s1)c1cc(Br)ccc1Cl. The van der Waals surface area contributed by atoms with Gasteiger partial charge in [-0.3, -0.25) is 4.79 Å². The van der Waals surface area contributed by atoms with Gasteiger partial charge >= 0.3 is 0 Å². The number of hydrogen-bond donors (Lipinski definition) is 2. The lowest BCUT2D eigenvalue weighted by atomic mass is 10.2. The second kappa shape index (κ2) is 7.80. The van der Waals surface area contributed by atoms with Gasteiger partial charge in [-0.2, -0.15) is 0 Å². The van der Waals surface area contributed by atoms with Gasteiger partial charge < -0.3 is 10.4 Å². The van der Waals surface area contributed by atoms with Crippen LogP contribution >= 0.6 is 50.2 Å². The van der Waals surface area contributed by atoms with Crippen LogP contribution in [-0.4, -0.2) is 11.0 Å². The van der Waals surface area contributed by atoms with Crippen LogP contribution in [0, 0.1) is 0 Å². The summed E-state index contributed by atoms with van der Waals surface area (Å²) < 4.78 is 0.800. The Hall–Kier alpha value is -1.18. The molecular formula is C17H13BrClNO2S2. The number of halogens is 2. The van der Waals surface area contributed by atoms with E-state index in [1.54, 1.807) is 18.2 Å². The predicted octanol–water partition coefficient (Wildman–Crippen LogP) is 5.24. The van der Waals surface area contributed by atoms with Crippen molar-refractivity contribution in [2.45, 2.75) is 12.6 Å². The fourth-order valence-electron chi connectivity index (χ4n) is 2.16. The first-order valence-electron chi connectivity index (χ1n) is 7.08. The number of rotatable bonds is 5. The molecule has 2 N–H and O–H groups in total. The summed E-state index contributed by atoms with van der Waals surface area (Å²) in [5, 5.41) is 15.5. The molecule has 1 unspecified atom stereocenters. The predicted molar refractivity (Wildman–Crippen MR) is 103 cm³/mol. The maximum Gasteiger partial charge on any atom is 0.253 e. The molecule has 1 atom stereocenters. The maximum atomic E-state index is 12.3. The van der Waals surface area contributed by atoms with E-state index in [2.05, 4.69) is 21.2 Å². The van der Waals surface area contributed by atoms with Crippen molar-refractivity contribution in [3.8, 4) is 0 Å². The molecule has 0 saturated heterocycles. The van der Waals surface area contributed by atoms with Crippen LogP contribution in [0.25, 0.3) is 0 Å². The Morgan fingerprint density at radius 1 is 1.25 bits per heavy atom. The molecule has 0 aliphatic heterocycles. The van der Waals surface area contributed by atoms with Gasteiger partial charge in [-0.15, -0.1) is 22.7 Å². The van der Waals surface area contributed by atoms with Crippen molar-refractivity contribution in [2.75, 3.05) is 0 Å². The summed E-state index contributed by atoms with van der Waals surface area (Å²) in [6.45, 7) is 0.392. The molecule has 24 heavy (non-hydrogen) atoms. The minimum absolute atomic E-state index is 0.227. The monoisotopic (exact) mass is 441 g/mol. The highest BCUT2D eigenvalue weighted by atomic mass is 79.9. The van der Waals surface area contributed by atoms with Crippen LogP contribution in [0.3, 0.4) is 0 Å². The zero-order valence-corrected chi connectivity index (χ0v) is 16.3. The van der Waals surface area contributed by atoms with E-state index in [9.17, 15) is 9.90 Å². The zero-order valence-electron chi connectivity index (χ0n) is 12.3. The number of hydrogen-bond acceptors (Lipinski definition) is 4. The van der Waals surface area contributed by atoms with Crippen molar-refractivity contribution in [3.63, 3.8) is 0 Å². The fraction of sp³-hybridized carbons (Fsp3) is 0.118. The van der Waals surface area contributed by atoms with Gasteiger partial charge in [0.05, 0.1) is 17.1 Å². The number of aliphatic hydroxyl groups is 1. The van der Waals surface area contributed by atoms with E-state index in [1.165, 1.54) is 22.7 Å². The molecule has 0 bridgehead atoms. The molecule has 3 nitrogen and oxygen atoms in total. The number of benzene rings is 1. The van der Waals surface area contributed by atoms with Gasteiger partial charge in [0.15, 0.2) is 0 Å². The highest BCUT2D eigenvalue weighted by Crippen LogP contribution is 2.31. The number of carbonyl (C=O) groups excluding carboxylic acids is 1. The largest absolute Gasteiger partial charge is 0.382 e. The topological polar surface area (TPSA) is 49.3 Å². The third-order valence-electron chi connectivity index (χ3n) is 3.36. The maximum absolute atomic E-state index is 12.3. The summed E-state index contributed by atoms with van der Waals surface area (Å²) in [6.07, 6.45) is -0.612. The normalized spacial score (nSPS) is 12.1. The van der Waals surface area contributed by atoms with Crippen LogP contribution < -0.4 is 5.32 Å². The van der Waals surface area contributed by atoms with Crippen molar-refractivity contribution in [1.29, 1.82) is 0 Å². The fourth-order valence-corrected chi connectivity index (χ4v) is 4.48. The van der Waals surface area contributed by atoms with E-state index >= 15 is 0 Å². The minimum atomic E-state index is -0.612. The lowest BCUT2D eigenvalue weighted by Gasteiger charge is -2.07. The molecule has 0 saturated carbocycles. The van der Waals surface area contributed by atoms with E-state index in [1.807, 2.05) is 29.6 Å². The van der Waals surface area contributed by atoms with Crippen molar-refractivity contribution < 1.29 is 9.90 Å². The van der Waals surface area contributed by atoms with Gasteiger partial charge in [0.1, 0.15) is 6.10 Å². The van der Waals surface area contributed by atoms with Gasteiger partial charge in [-0.05, 0) is 41.8 Å². The molecular weight excluding hydrogens is 430 g/mol. The van der Waals surface area contributed by atoms with E-state index in [4.69, 9.17) is 11.6 Å². The average molecular weight is 443 g/mol. The van der Waals surface area contributed by atoms with Crippen molar-refractivity contribution in [2.24, 2.45) is 0 Å². The summed E-state index contributed by atoms with van der Waals surface area (Å²) in [5.41, 5.74) is 0.432. The molecule has 3 aromatic rings. The third-order valence-corrected chi connectivity index (χ3v) is 6.25. The van der Waals surface area contributed by atoms with Crippen LogP contribution in [-0.2, 0) is 6.54 Å². The molecule has 0 spiro atoms. The Balaban J connectivity index is 1.65. The van der Waals surface area contributed by atoms with E-state index in [-0.39, 0.29) is 5.91 Å². The molecule has 1 amide bonds. The van der Waals surface area contributed by atoms with Gasteiger partial charge in [0, 0.05) is 19.1 Å². The highest BCUT2D eigenvalue weighted by Gasteiger charge is 2.15. The first-order valence-corrected chi connectivity index (χ1v) is 9.94. The van der Waals surface area contributed by atoms with Crippen LogP contribution in [0.1, 0.15) is 31.1 Å². The molecule has 0 fully saturated rings. The van der Waals surface area contributed by atoms with Gasteiger partial charge in [0.25, 0.3) is 5.91 Å². The van der Waals surface area contributed by atoms with E-state index < -0.39 is 6.10 Å². The lowest BCUT2D eigenvalue weighted by Crippen LogP contribution is -2.22. The van der Waals surface area contributed by atoms with Gasteiger partial charge in [0.2, 0.25) is 0 Å². The first-order chi connectivity index (χ1) is 11.5. The Morgan fingerprint density at radius 3 is 2.83 bits per heavy atom. The Morgan fingerprint density at radius 2 is 2.08 bits per heavy atom. The molecule has 7 heteroatoms. The second-order valence-electron chi connectivity index (χ2n) is 5.03. The number of nitrogens with one attached hydrogen (secondary N) is 1. The van der Waals surface area contributed by atoms with Gasteiger partial charge in [-0.25, -0.2) is 0 Å². The number of thiophene rings is 2. The molecule has 0 radical (unpaired) electrons. The number of aliphatic hydroxyl groups excluding tert-OH is 1. The van der Waals surface area contributed by atoms with Crippen LogP contribution in [0.2, 0.25) is 5.02 Å². The molecule has 124 valence electrons. The summed E-state index contributed by atoms with van der Waals surface area (Å²) >= 11 is 12.4. The quantitative estimate of drug-likeness (QED) is 0.568. The van der Waals surface area contributed by atoms with E-state index in [0.717, 1.165) is 19.1 Å². The summed E-state index contributed by atoms with van der Waals surface area (Å²) in [7, 11) is 0. The smallest absolute Gasteiger partial charge is 0.253 e.